The molecule has 0 aliphatic rings. The van der Waals surface area contributed by atoms with Crippen LogP contribution in [0.1, 0.15) is 31.5 Å². The Hall–Kier alpha value is -2.25. The normalized spacial score (nSPS) is 10.7. The van der Waals surface area contributed by atoms with Crippen LogP contribution in [0, 0.1) is 0 Å². The van der Waals surface area contributed by atoms with Crippen LogP contribution in [0.3, 0.4) is 0 Å². The third-order valence-electron chi connectivity index (χ3n) is 3.59. The van der Waals surface area contributed by atoms with Crippen LogP contribution in [0.2, 0.25) is 0 Å². The van der Waals surface area contributed by atoms with E-state index in [2.05, 4.69) is 32.8 Å². The van der Waals surface area contributed by atoms with Crippen molar-refractivity contribution in [2.45, 2.75) is 33.7 Å². The molecular formula is C18H24N4O2S. The van der Waals surface area contributed by atoms with Gasteiger partial charge in [0, 0.05) is 30.2 Å². The molecule has 1 heterocycles. The lowest BCUT2D eigenvalue weighted by Crippen LogP contribution is -2.32. The monoisotopic (exact) mass is 360 g/mol. The summed E-state index contributed by atoms with van der Waals surface area (Å²) in [6.07, 6.45) is 0.936. The lowest BCUT2D eigenvalue weighted by atomic mass is 10.2. The molecular weight excluding hydrogens is 336 g/mol. The van der Waals surface area contributed by atoms with E-state index in [1.807, 2.05) is 6.92 Å². The zero-order chi connectivity index (χ0) is 18.2. The molecule has 0 atom stereocenters. The van der Waals surface area contributed by atoms with E-state index in [9.17, 15) is 9.59 Å². The van der Waals surface area contributed by atoms with Gasteiger partial charge in [-0.2, -0.15) is 0 Å². The van der Waals surface area contributed by atoms with Crippen molar-refractivity contribution < 1.29 is 9.59 Å². The molecule has 2 N–H and O–H groups in total. The summed E-state index contributed by atoms with van der Waals surface area (Å²) in [5.74, 6) is -0.191. The molecule has 1 aromatic carbocycles. The van der Waals surface area contributed by atoms with Crippen molar-refractivity contribution in [2.75, 3.05) is 23.7 Å². The van der Waals surface area contributed by atoms with Gasteiger partial charge in [0.05, 0.1) is 17.2 Å². The summed E-state index contributed by atoms with van der Waals surface area (Å²) in [5.41, 5.74) is 2.42. The van der Waals surface area contributed by atoms with Crippen LogP contribution in [0.25, 0.3) is 0 Å². The maximum atomic E-state index is 12.3. The molecule has 0 saturated carbocycles. The fourth-order valence-corrected chi connectivity index (χ4v) is 3.07. The molecule has 0 radical (unpaired) electrons. The molecule has 0 saturated heterocycles. The molecule has 1 aromatic heterocycles. The van der Waals surface area contributed by atoms with Gasteiger partial charge in [-0.1, -0.05) is 13.8 Å². The quantitative estimate of drug-likeness (QED) is 0.758. The molecule has 0 spiro atoms. The third-order valence-corrected chi connectivity index (χ3v) is 4.63. The van der Waals surface area contributed by atoms with Gasteiger partial charge in [-0.05, 0) is 37.2 Å². The van der Waals surface area contributed by atoms with Crippen molar-refractivity contribution in [2.24, 2.45) is 0 Å². The maximum Gasteiger partial charge on any atom is 0.238 e. The Morgan fingerprint density at radius 1 is 1.12 bits per heavy atom. The first kappa shape index (κ1) is 19.1. The van der Waals surface area contributed by atoms with E-state index < -0.39 is 0 Å². The SMILES string of the molecule is CCc1nc(CN(CC)CC(=O)Nc2ccc(NC(C)=O)cc2)cs1. The highest BCUT2D eigenvalue weighted by Crippen LogP contribution is 2.14. The molecule has 0 aliphatic heterocycles. The number of hydrogen-bond acceptors (Lipinski definition) is 5. The standard InChI is InChI=1S/C18H24N4O2S/c1-4-18-21-16(12-25-18)10-22(5-2)11-17(24)20-15-8-6-14(7-9-15)19-13(3)23/h6-9,12H,4-5,10-11H2,1-3H3,(H,19,23)(H,20,24). The largest absolute Gasteiger partial charge is 0.326 e. The van der Waals surface area contributed by atoms with Crippen molar-refractivity contribution in [1.29, 1.82) is 0 Å². The Morgan fingerprint density at radius 3 is 2.28 bits per heavy atom. The molecule has 0 fully saturated rings. The first-order chi connectivity index (χ1) is 12.0. The fourth-order valence-electron chi connectivity index (χ4n) is 2.34. The van der Waals surface area contributed by atoms with Crippen LogP contribution in [-0.4, -0.2) is 34.8 Å². The summed E-state index contributed by atoms with van der Waals surface area (Å²) in [4.78, 5) is 29.9. The van der Waals surface area contributed by atoms with Crippen LogP contribution in [0.15, 0.2) is 29.6 Å². The van der Waals surface area contributed by atoms with E-state index in [4.69, 9.17) is 0 Å². The Kier molecular flexibility index (Phi) is 7.09. The number of likely N-dealkylation sites (N-methyl/N-ethyl adjacent to an activating group) is 1. The van der Waals surface area contributed by atoms with Crippen LogP contribution >= 0.6 is 11.3 Å². The molecule has 0 unspecified atom stereocenters. The van der Waals surface area contributed by atoms with Gasteiger partial charge in [-0.3, -0.25) is 14.5 Å². The number of carbonyl (C=O) groups excluding carboxylic acids is 2. The molecule has 0 aliphatic carbocycles. The van der Waals surface area contributed by atoms with E-state index in [0.717, 1.165) is 23.7 Å². The fraction of sp³-hybridized carbons (Fsp3) is 0.389. The van der Waals surface area contributed by atoms with Crippen LogP contribution in [0.4, 0.5) is 11.4 Å². The average molecular weight is 360 g/mol. The molecule has 2 aromatic rings. The zero-order valence-electron chi connectivity index (χ0n) is 14.8. The second-order valence-electron chi connectivity index (χ2n) is 5.70. The van der Waals surface area contributed by atoms with Gasteiger partial charge in [-0.25, -0.2) is 4.98 Å². The highest BCUT2D eigenvalue weighted by atomic mass is 32.1. The van der Waals surface area contributed by atoms with Gasteiger partial charge in [0.15, 0.2) is 0 Å². The van der Waals surface area contributed by atoms with E-state index in [1.54, 1.807) is 35.6 Å². The zero-order valence-corrected chi connectivity index (χ0v) is 15.7. The molecule has 2 rings (SSSR count). The van der Waals surface area contributed by atoms with Gasteiger partial charge in [0.2, 0.25) is 11.8 Å². The highest BCUT2D eigenvalue weighted by molar-refractivity contribution is 7.09. The Bertz CT molecular complexity index is 712. The lowest BCUT2D eigenvalue weighted by Gasteiger charge is -2.18. The van der Waals surface area contributed by atoms with Gasteiger partial charge < -0.3 is 10.6 Å². The number of rotatable bonds is 8. The molecule has 7 heteroatoms. The van der Waals surface area contributed by atoms with E-state index in [1.165, 1.54) is 6.92 Å². The van der Waals surface area contributed by atoms with Crippen LogP contribution in [-0.2, 0) is 22.6 Å². The number of amides is 2. The van der Waals surface area contributed by atoms with E-state index in [-0.39, 0.29) is 11.8 Å². The van der Waals surface area contributed by atoms with Crippen molar-refractivity contribution in [3.05, 3.63) is 40.3 Å². The summed E-state index contributed by atoms with van der Waals surface area (Å²) < 4.78 is 0. The number of benzene rings is 1. The Morgan fingerprint density at radius 2 is 1.76 bits per heavy atom. The number of aromatic nitrogens is 1. The predicted molar refractivity (Wildman–Crippen MR) is 102 cm³/mol. The molecule has 0 bridgehead atoms. The summed E-state index contributed by atoms with van der Waals surface area (Å²) in [5, 5.41) is 8.75. The van der Waals surface area contributed by atoms with Gasteiger partial charge >= 0.3 is 0 Å². The Labute approximate surface area is 152 Å². The van der Waals surface area contributed by atoms with Crippen LogP contribution < -0.4 is 10.6 Å². The number of nitrogens with one attached hydrogen (secondary N) is 2. The van der Waals surface area contributed by atoms with E-state index in [0.29, 0.717) is 24.5 Å². The van der Waals surface area contributed by atoms with Crippen LogP contribution in [0.5, 0.6) is 0 Å². The lowest BCUT2D eigenvalue weighted by molar-refractivity contribution is -0.117. The molecule has 25 heavy (non-hydrogen) atoms. The van der Waals surface area contributed by atoms with Gasteiger partial charge in [-0.15, -0.1) is 11.3 Å². The summed E-state index contributed by atoms with van der Waals surface area (Å²) in [7, 11) is 0. The Balaban J connectivity index is 1.87. The highest BCUT2D eigenvalue weighted by Gasteiger charge is 2.12. The van der Waals surface area contributed by atoms with Gasteiger partial charge in [0.25, 0.3) is 0 Å². The number of nitrogens with zero attached hydrogens (tertiary/aromatic N) is 2. The number of aryl methyl sites for hydroxylation is 1. The predicted octanol–water partition coefficient (Wildman–Crippen LogP) is 3.12. The van der Waals surface area contributed by atoms with Crippen molar-refractivity contribution in [1.82, 2.24) is 9.88 Å². The second-order valence-corrected chi connectivity index (χ2v) is 6.64. The first-order valence-corrected chi connectivity index (χ1v) is 9.21. The number of anilines is 2. The summed E-state index contributed by atoms with van der Waals surface area (Å²) >= 11 is 1.66. The molecule has 6 nitrogen and oxygen atoms in total. The third kappa shape index (κ3) is 6.28. The summed E-state index contributed by atoms with van der Waals surface area (Å²) in [6, 6.07) is 7.06. The van der Waals surface area contributed by atoms with Crippen molar-refractivity contribution in [3.8, 4) is 0 Å². The number of thiazole rings is 1. The maximum absolute atomic E-state index is 12.3. The average Bonchev–Trinajstić information content (AvgIpc) is 3.03. The topological polar surface area (TPSA) is 74.3 Å². The van der Waals surface area contributed by atoms with Gasteiger partial charge in [0.1, 0.15) is 0 Å². The van der Waals surface area contributed by atoms with Crippen molar-refractivity contribution >= 4 is 34.5 Å². The minimum Gasteiger partial charge on any atom is -0.326 e. The number of hydrogen-bond donors (Lipinski definition) is 2. The molecule has 134 valence electrons. The number of carbonyl (C=O) groups is 2. The minimum absolute atomic E-state index is 0.0694. The summed E-state index contributed by atoms with van der Waals surface area (Å²) in [6.45, 7) is 7.33. The molecule has 2 amide bonds. The van der Waals surface area contributed by atoms with E-state index >= 15 is 0 Å². The second kappa shape index (κ2) is 9.29. The first-order valence-electron chi connectivity index (χ1n) is 8.33. The van der Waals surface area contributed by atoms with Crippen molar-refractivity contribution in [3.63, 3.8) is 0 Å². The minimum atomic E-state index is -0.122. The smallest absolute Gasteiger partial charge is 0.238 e.